The maximum absolute atomic E-state index is 6.23. The van der Waals surface area contributed by atoms with Crippen molar-refractivity contribution in [3.63, 3.8) is 0 Å². The minimum Gasteiger partial charge on any atom is -0.320 e. The molecular formula is C12H12INS. The normalized spacial score (nSPS) is 12.7. The Hall–Kier alpha value is -0.390. The van der Waals surface area contributed by atoms with E-state index in [-0.39, 0.29) is 6.04 Å². The van der Waals surface area contributed by atoms with E-state index in [2.05, 4.69) is 65.2 Å². The largest absolute Gasteiger partial charge is 0.320 e. The third kappa shape index (κ3) is 2.41. The van der Waals surface area contributed by atoms with Gasteiger partial charge in [-0.2, -0.15) is 0 Å². The van der Waals surface area contributed by atoms with E-state index >= 15 is 0 Å². The van der Waals surface area contributed by atoms with Crippen LogP contribution in [0.4, 0.5) is 0 Å². The first-order chi connectivity index (χ1) is 7.18. The third-order valence-corrected chi connectivity index (χ3v) is 3.97. The number of aryl methyl sites for hydroxylation is 1. The van der Waals surface area contributed by atoms with Gasteiger partial charge in [0.1, 0.15) is 0 Å². The van der Waals surface area contributed by atoms with Crippen molar-refractivity contribution < 1.29 is 0 Å². The van der Waals surface area contributed by atoms with Crippen molar-refractivity contribution >= 4 is 33.9 Å². The summed E-state index contributed by atoms with van der Waals surface area (Å²) in [6, 6.07) is 10.5. The SMILES string of the molecule is Cc1sccc1C(N)c1cccc(I)c1. The van der Waals surface area contributed by atoms with Gasteiger partial charge in [0.05, 0.1) is 6.04 Å². The number of rotatable bonds is 2. The average Bonchev–Trinajstić information content (AvgIpc) is 2.63. The van der Waals surface area contributed by atoms with Gasteiger partial charge in [0.2, 0.25) is 0 Å². The minimum absolute atomic E-state index is 0.00552. The standard InChI is InChI=1S/C12H12INS/c1-8-11(5-6-15-8)12(14)9-3-2-4-10(13)7-9/h2-7,12H,14H2,1H3. The van der Waals surface area contributed by atoms with Gasteiger partial charge < -0.3 is 5.73 Å². The first kappa shape index (κ1) is 11.1. The molecule has 78 valence electrons. The molecule has 0 bridgehead atoms. The van der Waals surface area contributed by atoms with Crippen LogP contribution in [0.2, 0.25) is 0 Å². The summed E-state index contributed by atoms with van der Waals surface area (Å²) in [6.45, 7) is 2.12. The summed E-state index contributed by atoms with van der Waals surface area (Å²) >= 11 is 4.06. The van der Waals surface area contributed by atoms with E-state index in [4.69, 9.17) is 5.73 Å². The lowest BCUT2D eigenvalue weighted by Crippen LogP contribution is -2.11. The molecule has 0 aliphatic heterocycles. The number of hydrogen-bond acceptors (Lipinski definition) is 2. The second kappa shape index (κ2) is 4.63. The molecule has 0 spiro atoms. The van der Waals surface area contributed by atoms with Crippen LogP contribution in [0.1, 0.15) is 22.0 Å². The van der Waals surface area contributed by atoms with Crippen LogP contribution in [0.25, 0.3) is 0 Å². The lowest BCUT2D eigenvalue weighted by Gasteiger charge is -2.12. The molecule has 0 saturated carbocycles. The van der Waals surface area contributed by atoms with Gasteiger partial charge in [-0.25, -0.2) is 0 Å². The fourth-order valence-corrected chi connectivity index (χ4v) is 2.91. The highest BCUT2D eigenvalue weighted by Crippen LogP contribution is 2.26. The molecule has 2 N–H and O–H groups in total. The van der Waals surface area contributed by atoms with Crippen molar-refractivity contribution in [2.45, 2.75) is 13.0 Å². The second-order valence-electron chi connectivity index (χ2n) is 3.46. The van der Waals surface area contributed by atoms with Crippen molar-refractivity contribution in [3.05, 3.63) is 55.3 Å². The van der Waals surface area contributed by atoms with Gasteiger partial charge in [-0.1, -0.05) is 12.1 Å². The number of thiophene rings is 1. The molecule has 0 radical (unpaired) electrons. The molecule has 0 aliphatic carbocycles. The predicted octanol–water partition coefficient (Wildman–Crippen LogP) is 3.71. The summed E-state index contributed by atoms with van der Waals surface area (Å²) in [4.78, 5) is 1.31. The highest BCUT2D eigenvalue weighted by Gasteiger charge is 2.11. The number of hydrogen-bond donors (Lipinski definition) is 1. The molecule has 0 saturated heterocycles. The summed E-state index contributed by atoms with van der Waals surface area (Å²) in [5.41, 5.74) is 8.66. The molecule has 1 atom stereocenters. The molecule has 1 heterocycles. The minimum atomic E-state index is 0.00552. The molecule has 3 heteroatoms. The van der Waals surface area contributed by atoms with Crippen molar-refractivity contribution in [2.75, 3.05) is 0 Å². The first-order valence-electron chi connectivity index (χ1n) is 4.73. The molecule has 1 nitrogen and oxygen atoms in total. The van der Waals surface area contributed by atoms with Crippen LogP contribution >= 0.6 is 33.9 Å². The molecule has 15 heavy (non-hydrogen) atoms. The van der Waals surface area contributed by atoms with E-state index in [9.17, 15) is 0 Å². The van der Waals surface area contributed by atoms with Gasteiger partial charge >= 0.3 is 0 Å². The summed E-state index contributed by atoms with van der Waals surface area (Å²) in [5.74, 6) is 0. The van der Waals surface area contributed by atoms with E-state index in [1.807, 2.05) is 0 Å². The van der Waals surface area contributed by atoms with Crippen LogP contribution in [0.3, 0.4) is 0 Å². The fraction of sp³-hybridized carbons (Fsp3) is 0.167. The van der Waals surface area contributed by atoms with Gasteiger partial charge in [-0.3, -0.25) is 0 Å². The number of halogens is 1. The maximum Gasteiger partial charge on any atom is 0.0562 e. The zero-order valence-electron chi connectivity index (χ0n) is 8.41. The summed E-state index contributed by atoms with van der Waals surface area (Å²) < 4.78 is 1.23. The van der Waals surface area contributed by atoms with Crippen LogP contribution in [0.15, 0.2) is 35.7 Å². The molecule has 2 aromatic rings. The zero-order valence-corrected chi connectivity index (χ0v) is 11.4. The first-order valence-corrected chi connectivity index (χ1v) is 6.69. The van der Waals surface area contributed by atoms with Gasteiger partial charge in [0, 0.05) is 8.45 Å². The molecule has 1 unspecified atom stereocenters. The number of nitrogens with two attached hydrogens (primary N) is 1. The Bertz CT molecular complexity index is 464. The van der Waals surface area contributed by atoms with Gasteiger partial charge in [-0.15, -0.1) is 11.3 Å². The maximum atomic E-state index is 6.23. The van der Waals surface area contributed by atoms with Crippen molar-refractivity contribution in [3.8, 4) is 0 Å². The number of benzene rings is 1. The van der Waals surface area contributed by atoms with Crippen molar-refractivity contribution in [2.24, 2.45) is 5.73 Å². The fourth-order valence-electron chi connectivity index (χ4n) is 1.60. The monoisotopic (exact) mass is 329 g/mol. The highest BCUT2D eigenvalue weighted by molar-refractivity contribution is 14.1. The Morgan fingerprint density at radius 1 is 1.33 bits per heavy atom. The zero-order chi connectivity index (χ0) is 10.8. The lowest BCUT2D eigenvalue weighted by atomic mass is 10.0. The molecular weight excluding hydrogens is 317 g/mol. The van der Waals surface area contributed by atoms with Crippen LogP contribution < -0.4 is 5.73 Å². The molecule has 0 aliphatic rings. The molecule has 1 aromatic carbocycles. The molecule has 0 amide bonds. The third-order valence-electron chi connectivity index (χ3n) is 2.44. The van der Waals surface area contributed by atoms with Gasteiger partial charge in [0.25, 0.3) is 0 Å². The van der Waals surface area contributed by atoms with Crippen molar-refractivity contribution in [1.29, 1.82) is 0 Å². The van der Waals surface area contributed by atoms with Crippen LogP contribution in [0.5, 0.6) is 0 Å². The quantitative estimate of drug-likeness (QED) is 0.835. The van der Waals surface area contributed by atoms with Crippen LogP contribution in [-0.2, 0) is 0 Å². The highest BCUT2D eigenvalue weighted by atomic mass is 127. The van der Waals surface area contributed by atoms with E-state index in [1.54, 1.807) is 11.3 Å². The smallest absolute Gasteiger partial charge is 0.0562 e. The molecule has 0 fully saturated rings. The Balaban J connectivity index is 2.36. The Kier molecular flexibility index (Phi) is 3.43. The van der Waals surface area contributed by atoms with Crippen LogP contribution in [-0.4, -0.2) is 0 Å². The molecule has 1 aromatic heterocycles. The summed E-state index contributed by atoms with van der Waals surface area (Å²) in [5, 5.41) is 2.10. The Morgan fingerprint density at radius 3 is 2.73 bits per heavy atom. The second-order valence-corrected chi connectivity index (χ2v) is 5.83. The van der Waals surface area contributed by atoms with Crippen LogP contribution in [0, 0.1) is 10.5 Å². The Labute approximate surface area is 107 Å². The van der Waals surface area contributed by atoms with E-state index in [0.717, 1.165) is 0 Å². The topological polar surface area (TPSA) is 26.0 Å². The van der Waals surface area contributed by atoms with E-state index in [0.29, 0.717) is 0 Å². The van der Waals surface area contributed by atoms with E-state index in [1.165, 1.54) is 19.6 Å². The Morgan fingerprint density at radius 2 is 2.13 bits per heavy atom. The van der Waals surface area contributed by atoms with Gasteiger partial charge in [0.15, 0.2) is 0 Å². The summed E-state index contributed by atoms with van der Waals surface area (Å²) in [7, 11) is 0. The van der Waals surface area contributed by atoms with Gasteiger partial charge in [-0.05, 0) is 64.2 Å². The van der Waals surface area contributed by atoms with Crippen molar-refractivity contribution in [1.82, 2.24) is 0 Å². The average molecular weight is 329 g/mol. The molecule has 2 rings (SSSR count). The lowest BCUT2D eigenvalue weighted by molar-refractivity contribution is 0.868. The predicted molar refractivity (Wildman–Crippen MR) is 74.2 cm³/mol. The van der Waals surface area contributed by atoms with E-state index < -0.39 is 0 Å². The summed E-state index contributed by atoms with van der Waals surface area (Å²) in [6.07, 6.45) is 0.